The summed E-state index contributed by atoms with van der Waals surface area (Å²) in [6, 6.07) is 1.56. The molecule has 3 aliphatic carbocycles. The molecule has 1 atom stereocenters. The van der Waals surface area contributed by atoms with E-state index in [1.165, 1.54) is 20.0 Å². The average Bonchev–Trinajstić information content (AvgIpc) is 2.43. The number of aliphatic hydroxyl groups excluding tert-OH is 1. The lowest BCUT2D eigenvalue weighted by molar-refractivity contribution is -0.102. The van der Waals surface area contributed by atoms with E-state index in [4.69, 9.17) is 14.2 Å². The highest BCUT2D eigenvalue weighted by Gasteiger charge is 2.52. The molecule has 1 unspecified atom stereocenters. The van der Waals surface area contributed by atoms with E-state index in [1.54, 1.807) is 6.07 Å². The molecule has 2 bridgehead atoms. The first-order valence-electron chi connectivity index (χ1n) is 7.83. The van der Waals surface area contributed by atoms with Crippen molar-refractivity contribution in [2.75, 3.05) is 13.7 Å². The van der Waals surface area contributed by atoms with Crippen molar-refractivity contribution in [1.82, 2.24) is 0 Å². The van der Waals surface area contributed by atoms with Crippen molar-refractivity contribution in [2.24, 2.45) is 17.8 Å². The Hall–Kier alpha value is -2.08. The topological polar surface area (TPSA) is 82.1 Å². The van der Waals surface area contributed by atoms with E-state index in [9.17, 15) is 14.7 Å². The second-order valence-electron chi connectivity index (χ2n) is 6.50. The Kier molecular flexibility index (Phi) is 3.30. The van der Waals surface area contributed by atoms with Crippen LogP contribution < -0.4 is 9.47 Å². The number of hydrogen-bond donors (Lipinski definition) is 1. The molecule has 3 saturated carbocycles. The summed E-state index contributed by atoms with van der Waals surface area (Å²) in [5.74, 6) is 2.13. The smallest absolute Gasteiger partial charge is 0.340 e. The molecule has 1 heterocycles. The molecule has 0 amide bonds. The van der Waals surface area contributed by atoms with Crippen LogP contribution in [0.15, 0.2) is 6.07 Å². The van der Waals surface area contributed by atoms with Gasteiger partial charge < -0.3 is 19.3 Å². The number of aliphatic hydroxyl groups is 1. The molecule has 1 aromatic carbocycles. The fraction of sp³-hybridized carbons (Fsp3) is 0.529. The maximum Gasteiger partial charge on any atom is 0.340 e. The Bertz CT molecular complexity index is 668. The lowest BCUT2D eigenvalue weighted by Gasteiger charge is -2.57. The molecule has 0 radical (unpaired) electrons. The Labute approximate surface area is 133 Å². The van der Waals surface area contributed by atoms with Gasteiger partial charge in [0.05, 0.1) is 24.8 Å². The highest BCUT2D eigenvalue weighted by atomic mass is 16.6. The zero-order valence-electron chi connectivity index (χ0n) is 12.8. The lowest BCUT2D eigenvalue weighted by atomic mass is 9.48. The minimum atomic E-state index is -1.24. The maximum absolute atomic E-state index is 12.0. The monoisotopic (exact) mass is 318 g/mol. The summed E-state index contributed by atoms with van der Waals surface area (Å²) in [7, 11) is 1.46. The van der Waals surface area contributed by atoms with E-state index in [2.05, 4.69) is 0 Å². The van der Waals surface area contributed by atoms with Crippen LogP contribution in [0.5, 0.6) is 11.5 Å². The number of cyclic esters (lactones) is 1. The summed E-state index contributed by atoms with van der Waals surface area (Å²) in [4.78, 5) is 23.5. The number of rotatable bonds is 5. The summed E-state index contributed by atoms with van der Waals surface area (Å²) in [5.41, 5.74) is 0.945. The molecule has 0 spiro atoms. The van der Waals surface area contributed by atoms with Gasteiger partial charge in [-0.15, -0.1) is 0 Å². The van der Waals surface area contributed by atoms with Gasteiger partial charge in [0.1, 0.15) is 0 Å². The summed E-state index contributed by atoms with van der Waals surface area (Å²) in [6.45, 7) is 0.570. The molecule has 1 aliphatic heterocycles. The van der Waals surface area contributed by atoms with E-state index in [0.717, 1.165) is 11.8 Å². The summed E-state index contributed by atoms with van der Waals surface area (Å²) in [6.07, 6.45) is 2.04. The third-order valence-electron chi connectivity index (χ3n) is 5.41. The van der Waals surface area contributed by atoms with Crippen LogP contribution >= 0.6 is 0 Å². The second-order valence-corrected chi connectivity index (χ2v) is 6.50. The van der Waals surface area contributed by atoms with E-state index >= 15 is 0 Å². The van der Waals surface area contributed by atoms with Crippen LogP contribution in [0.3, 0.4) is 0 Å². The van der Waals surface area contributed by atoms with Crippen LogP contribution in [0.2, 0.25) is 0 Å². The summed E-state index contributed by atoms with van der Waals surface area (Å²) < 4.78 is 16.0. The van der Waals surface area contributed by atoms with E-state index in [0.29, 0.717) is 35.9 Å². The SMILES string of the molecule is COc1c(OCC2C3CC2C3)cc2c(c1C=O)CC(O)OC2=O. The molecule has 4 aliphatic rings. The third kappa shape index (κ3) is 2.12. The molecular weight excluding hydrogens is 300 g/mol. The van der Waals surface area contributed by atoms with Gasteiger partial charge in [-0.1, -0.05) is 0 Å². The predicted molar refractivity (Wildman–Crippen MR) is 78.7 cm³/mol. The van der Waals surface area contributed by atoms with Crippen molar-refractivity contribution < 1.29 is 28.9 Å². The van der Waals surface area contributed by atoms with Crippen molar-refractivity contribution >= 4 is 12.3 Å². The van der Waals surface area contributed by atoms with Gasteiger partial charge >= 0.3 is 5.97 Å². The fourth-order valence-electron chi connectivity index (χ4n) is 3.81. The van der Waals surface area contributed by atoms with Crippen LogP contribution in [0, 0.1) is 17.8 Å². The molecule has 5 rings (SSSR count). The van der Waals surface area contributed by atoms with Crippen LogP contribution in [0.4, 0.5) is 0 Å². The number of benzene rings is 1. The van der Waals surface area contributed by atoms with Gasteiger partial charge in [-0.05, 0) is 42.2 Å². The molecule has 6 nitrogen and oxygen atoms in total. The Balaban J connectivity index is 1.68. The number of hydrogen-bond acceptors (Lipinski definition) is 6. The number of carbonyl (C=O) groups excluding carboxylic acids is 2. The fourth-order valence-corrected chi connectivity index (χ4v) is 3.81. The first kappa shape index (κ1) is 14.5. The van der Waals surface area contributed by atoms with Crippen molar-refractivity contribution in [3.8, 4) is 11.5 Å². The Morgan fingerprint density at radius 2 is 2.13 bits per heavy atom. The van der Waals surface area contributed by atoms with E-state index in [-0.39, 0.29) is 17.5 Å². The van der Waals surface area contributed by atoms with Gasteiger partial charge in [0.15, 0.2) is 17.8 Å². The molecular formula is C17H18O6. The van der Waals surface area contributed by atoms with Gasteiger partial charge in [-0.3, -0.25) is 4.79 Å². The molecule has 0 saturated heterocycles. The number of methoxy groups -OCH3 is 1. The van der Waals surface area contributed by atoms with Gasteiger partial charge in [-0.25, -0.2) is 4.79 Å². The average molecular weight is 318 g/mol. The normalized spacial score (nSPS) is 30.4. The van der Waals surface area contributed by atoms with Crippen LogP contribution in [0.25, 0.3) is 0 Å². The first-order chi connectivity index (χ1) is 11.1. The second kappa shape index (κ2) is 5.23. The number of carbonyl (C=O) groups is 2. The maximum atomic E-state index is 12.0. The highest BCUT2D eigenvalue weighted by molar-refractivity contribution is 5.97. The molecule has 1 N–H and O–H groups in total. The number of ether oxygens (including phenoxy) is 3. The van der Waals surface area contributed by atoms with Crippen LogP contribution in [-0.2, 0) is 11.2 Å². The van der Waals surface area contributed by atoms with Gasteiger partial charge in [0.25, 0.3) is 0 Å². The molecule has 122 valence electrons. The third-order valence-corrected chi connectivity index (χ3v) is 5.41. The largest absolute Gasteiger partial charge is 0.492 e. The van der Waals surface area contributed by atoms with Crippen molar-refractivity contribution in [3.05, 3.63) is 22.8 Å². The van der Waals surface area contributed by atoms with Crippen molar-refractivity contribution in [2.45, 2.75) is 25.6 Å². The summed E-state index contributed by atoms with van der Waals surface area (Å²) in [5, 5.41) is 9.60. The van der Waals surface area contributed by atoms with Crippen LogP contribution in [-0.4, -0.2) is 37.4 Å². The van der Waals surface area contributed by atoms with Gasteiger partial charge in [0, 0.05) is 6.42 Å². The Morgan fingerprint density at radius 3 is 2.70 bits per heavy atom. The van der Waals surface area contributed by atoms with E-state index < -0.39 is 12.3 Å². The minimum Gasteiger partial charge on any atom is -0.492 e. The number of esters is 1. The van der Waals surface area contributed by atoms with Crippen molar-refractivity contribution in [1.29, 1.82) is 0 Å². The lowest BCUT2D eigenvalue weighted by Crippen LogP contribution is -2.52. The predicted octanol–water partition coefficient (Wildman–Crippen LogP) is 1.57. The molecule has 6 heteroatoms. The molecule has 3 fully saturated rings. The number of aldehydes is 1. The zero-order valence-corrected chi connectivity index (χ0v) is 12.8. The summed E-state index contributed by atoms with van der Waals surface area (Å²) >= 11 is 0. The van der Waals surface area contributed by atoms with Gasteiger partial charge in [0.2, 0.25) is 6.29 Å². The zero-order chi connectivity index (χ0) is 16.1. The van der Waals surface area contributed by atoms with Gasteiger partial charge in [-0.2, -0.15) is 0 Å². The minimum absolute atomic E-state index is 0.0680. The highest BCUT2D eigenvalue weighted by Crippen LogP contribution is 2.58. The standard InChI is InChI=1S/C17H18O6/c1-21-16-12(6-18)10-5-15(19)23-17(20)11(10)4-14(16)22-7-13-8-2-9(13)3-8/h4,6,8-9,13,15,19H,2-3,5,7H2,1H3. The molecule has 1 aromatic rings. The quantitative estimate of drug-likeness (QED) is 0.655. The molecule has 0 aromatic heterocycles. The number of fused-ring (bicyclic) bond motifs is 1. The van der Waals surface area contributed by atoms with E-state index in [1.807, 2.05) is 0 Å². The van der Waals surface area contributed by atoms with Crippen LogP contribution in [0.1, 0.15) is 39.1 Å². The molecule has 23 heavy (non-hydrogen) atoms. The first-order valence-corrected chi connectivity index (χ1v) is 7.83. The van der Waals surface area contributed by atoms with Crippen molar-refractivity contribution in [3.63, 3.8) is 0 Å². The Morgan fingerprint density at radius 1 is 1.39 bits per heavy atom.